The van der Waals surface area contributed by atoms with E-state index in [-0.39, 0.29) is 11.6 Å². The topological polar surface area (TPSA) is 71.5 Å². The summed E-state index contributed by atoms with van der Waals surface area (Å²) in [6.45, 7) is 0.00259. The average Bonchev–Trinajstić information content (AvgIpc) is 3.45. The van der Waals surface area contributed by atoms with Crippen LogP contribution in [0.1, 0.15) is 35.8 Å². The van der Waals surface area contributed by atoms with Crippen LogP contribution in [0.15, 0.2) is 35.7 Å². The number of nitrogens with one attached hydrogen (secondary N) is 1. The number of aromatic nitrogens is 1. The fraction of sp³-hybridized carbons (Fsp3) is 0.450. The highest BCUT2D eigenvalue weighted by atomic mass is 32.1. The molecular weight excluding hydrogens is 419 g/mol. The van der Waals surface area contributed by atoms with Gasteiger partial charge in [0.15, 0.2) is 17.4 Å². The molecule has 162 valence electrons. The second-order valence-electron chi connectivity index (χ2n) is 7.17. The number of hydrogen-bond donors (Lipinski definition) is 1. The largest absolute Gasteiger partial charge is 0.451 e. The number of ether oxygens (including phenoxy) is 1. The van der Waals surface area contributed by atoms with E-state index in [0.29, 0.717) is 11.7 Å². The Labute approximate surface area is 176 Å². The molecule has 1 aliphatic carbocycles. The molecule has 30 heavy (non-hydrogen) atoms. The molecule has 1 aromatic heterocycles. The maximum absolute atomic E-state index is 12.9. The molecule has 1 fully saturated rings. The first-order valence-electron chi connectivity index (χ1n) is 9.49. The van der Waals surface area contributed by atoms with Gasteiger partial charge >= 0.3 is 12.1 Å². The van der Waals surface area contributed by atoms with Crippen LogP contribution in [-0.2, 0) is 16.1 Å². The van der Waals surface area contributed by atoms with E-state index in [2.05, 4.69) is 10.3 Å². The molecule has 1 aliphatic rings. The normalized spacial score (nSPS) is 14.8. The van der Waals surface area contributed by atoms with Crippen molar-refractivity contribution in [2.45, 2.75) is 38.5 Å². The summed E-state index contributed by atoms with van der Waals surface area (Å²) in [4.78, 5) is 29.3. The van der Waals surface area contributed by atoms with Crippen LogP contribution in [0.4, 0.5) is 18.3 Å². The summed E-state index contributed by atoms with van der Waals surface area (Å²) in [6, 6.07) is 9.05. The summed E-state index contributed by atoms with van der Waals surface area (Å²) in [5.41, 5.74) is 1.04. The Morgan fingerprint density at radius 1 is 1.30 bits per heavy atom. The Balaban J connectivity index is 1.52. The fourth-order valence-corrected chi connectivity index (χ4v) is 3.67. The number of anilines is 1. The summed E-state index contributed by atoms with van der Waals surface area (Å²) in [6.07, 6.45) is -2.93. The van der Waals surface area contributed by atoms with Crippen LogP contribution in [-0.4, -0.2) is 47.1 Å². The Bertz CT molecular complexity index is 869. The van der Waals surface area contributed by atoms with Crippen LogP contribution < -0.4 is 5.32 Å². The van der Waals surface area contributed by atoms with Gasteiger partial charge in [0.1, 0.15) is 6.54 Å². The van der Waals surface area contributed by atoms with Crippen molar-refractivity contribution in [3.63, 3.8) is 0 Å². The number of nitrogens with zero attached hydrogens (tertiary/aromatic N) is 2. The van der Waals surface area contributed by atoms with Crippen molar-refractivity contribution in [1.29, 1.82) is 0 Å². The van der Waals surface area contributed by atoms with Gasteiger partial charge in [0, 0.05) is 18.0 Å². The number of carbonyl (C=O) groups is 2. The van der Waals surface area contributed by atoms with Gasteiger partial charge in [-0.1, -0.05) is 30.3 Å². The van der Waals surface area contributed by atoms with Crippen molar-refractivity contribution in [3.05, 3.63) is 47.0 Å². The minimum absolute atomic E-state index is 0.000902. The molecule has 3 rings (SSSR count). The van der Waals surface area contributed by atoms with E-state index in [0.717, 1.165) is 23.3 Å². The van der Waals surface area contributed by atoms with Crippen LogP contribution in [0.2, 0.25) is 0 Å². The quantitative estimate of drug-likeness (QED) is 0.594. The number of rotatable bonds is 9. The zero-order chi connectivity index (χ0) is 21.7. The SMILES string of the molecule is CC(C1CC1)N(CC(F)(F)F)C(=O)COC(=O)c1csc(NCc2ccccc2)n1. The van der Waals surface area contributed by atoms with Crippen LogP contribution in [0.3, 0.4) is 0 Å². The van der Waals surface area contributed by atoms with E-state index >= 15 is 0 Å². The molecule has 1 amide bonds. The van der Waals surface area contributed by atoms with E-state index in [1.54, 1.807) is 6.92 Å². The fourth-order valence-electron chi connectivity index (χ4n) is 2.99. The zero-order valence-corrected chi connectivity index (χ0v) is 17.1. The predicted molar refractivity (Wildman–Crippen MR) is 106 cm³/mol. The first-order chi connectivity index (χ1) is 14.2. The van der Waals surface area contributed by atoms with Crippen LogP contribution in [0.5, 0.6) is 0 Å². The molecular formula is C20H22F3N3O3S. The van der Waals surface area contributed by atoms with Gasteiger partial charge in [0.2, 0.25) is 0 Å². The molecule has 1 aromatic carbocycles. The first kappa shape index (κ1) is 22.1. The summed E-state index contributed by atoms with van der Waals surface area (Å²) in [7, 11) is 0. The molecule has 2 aromatic rings. The molecule has 1 unspecified atom stereocenters. The van der Waals surface area contributed by atoms with Gasteiger partial charge in [-0.2, -0.15) is 13.2 Å². The molecule has 6 nitrogen and oxygen atoms in total. The van der Waals surface area contributed by atoms with Gasteiger partial charge in [-0.05, 0) is 31.2 Å². The first-order valence-corrected chi connectivity index (χ1v) is 10.4. The summed E-state index contributed by atoms with van der Waals surface area (Å²) >= 11 is 1.20. The summed E-state index contributed by atoms with van der Waals surface area (Å²) in [5.74, 6) is -1.65. The highest BCUT2D eigenvalue weighted by Crippen LogP contribution is 2.36. The molecule has 1 N–H and O–H groups in total. The van der Waals surface area contributed by atoms with Gasteiger partial charge in [-0.3, -0.25) is 4.79 Å². The number of carbonyl (C=O) groups excluding carboxylic acids is 2. The van der Waals surface area contributed by atoms with Crippen molar-refractivity contribution in [3.8, 4) is 0 Å². The number of alkyl halides is 3. The van der Waals surface area contributed by atoms with Gasteiger partial charge in [0.25, 0.3) is 5.91 Å². The van der Waals surface area contributed by atoms with Gasteiger partial charge in [0.05, 0.1) is 0 Å². The van der Waals surface area contributed by atoms with Crippen molar-refractivity contribution in [1.82, 2.24) is 9.88 Å². The highest BCUT2D eigenvalue weighted by Gasteiger charge is 2.40. The van der Waals surface area contributed by atoms with Gasteiger partial charge in [-0.15, -0.1) is 11.3 Å². The Hall–Kier alpha value is -2.62. The minimum atomic E-state index is -4.52. The minimum Gasteiger partial charge on any atom is -0.451 e. The number of hydrogen-bond acceptors (Lipinski definition) is 6. The highest BCUT2D eigenvalue weighted by molar-refractivity contribution is 7.13. The predicted octanol–water partition coefficient (Wildman–Crippen LogP) is 4.10. The van der Waals surface area contributed by atoms with E-state index in [1.807, 2.05) is 30.3 Å². The second kappa shape index (κ2) is 9.46. The van der Waals surface area contributed by atoms with Crippen molar-refractivity contribution in [2.24, 2.45) is 5.92 Å². The Morgan fingerprint density at radius 3 is 2.63 bits per heavy atom. The molecule has 1 saturated carbocycles. The standard InChI is InChI=1S/C20H22F3N3O3S/c1-13(15-7-8-15)26(12-20(21,22)23)17(27)10-29-18(28)16-11-30-19(25-16)24-9-14-5-3-2-4-6-14/h2-6,11,13,15H,7-10,12H2,1H3,(H,24,25). The van der Waals surface area contributed by atoms with Crippen molar-refractivity contribution >= 4 is 28.3 Å². The molecule has 0 radical (unpaired) electrons. The third-order valence-corrected chi connectivity index (χ3v) is 5.59. The third kappa shape index (κ3) is 6.45. The molecule has 1 atom stereocenters. The molecule has 0 aliphatic heterocycles. The van der Waals surface area contributed by atoms with E-state index in [1.165, 1.54) is 16.7 Å². The zero-order valence-electron chi connectivity index (χ0n) is 16.3. The molecule has 0 bridgehead atoms. The maximum Gasteiger partial charge on any atom is 0.406 e. The lowest BCUT2D eigenvalue weighted by Crippen LogP contribution is -2.47. The number of amides is 1. The third-order valence-electron chi connectivity index (χ3n) is 4.79. The summed E-state index contributed by atoms with van der Waals surface area (Å²) in [5, 5.41) is 5.05. The summed E-state index contributed by atoms with van der Waals surface area (Å²) < 4.78 is 43.5. The van der Waals surface area contributed by atoms with Crippen molar-refractivity contribution in [2.75, 3.05) is 18.5 Å². The molecule has 0 spiro atoms. The van der Waals surface area contributed by atoms with E-state index in [9.17, 15) is 22.8 Å². The maximum atomic E-state index is 12.9. The smallest absolute Gasteiger partial charge is 0.406 e. The number of thiazole rings is 1. The molecule has 1 heterocycles. The molecule has 10 heteroatoms. The van der Waals surface area contributed by atoms with Gasteiger partial charge in [-0.25, -0.2) is 9.78 Å². The van der Waals surface area contributed by atoms with Crippen LogP contribution in [0, 0.1) is 5.92 Å². The lowest BCUT2D eigenvalue weighted by atomic mass is 10.2. The molecule has 0 saturated heterocycles. The lowest BCUT2D eigenvalue weighted by Gasteiger charge is -2.30. The van der Waals surface area contributed by atoms with Crippen molar-refractivity contribution < 1.29 is 27.5 Å². The monoisotopic (exact) mass is 441 g/mol. The Kier molecular flexibility index (Phi) is 6.96. The van der Waals surface area contributed by atoms with E-state index in [4.69, 9.17) is 4.74 Å². The number of esters is 1. The second-order valence-corrected chi connectivity index (χ2v) is 8.03. The van der Waals surface area contributed by atoms with E-state index < -0.39 is 37.2 Å². The van der Waals surface area contributed by atoms with Crippen LogP contribution in [0.25, 0.3) is 0 Å². The Morgan fingerprint density at radius 2 is 2.00 bits per heavy atom. The number of halogens is 3. The van der Waals surface area contributed by atoms with Gasteiger partial charge < -0.3 is 15.0 Å². The lowest BCUT2D eigenvalue weighted by molar-refractivity contribution is -0.167. The number of benzene rings is 1. The van der Waals surface area contributed by atoms with Crippen LogP contribution >= 0.6 is 11.3 Å². The average molecular weight is 441 g/mol.